The smallest absolute Gasteiger partial charge is 0.335 e. The van der Waals surface area contributed by atoms with Crippen LogP contribution < -0.4 is 9.64 Å². The number of aromatic carboxylic acids is 1. The number of Topliss-reactive ketones (excluding diaryl/α,β-unsaturated/α-hetero) is 1. The van der Waals surface area contributed by atoms with Crippen LogP contribution >= 0.6 is 11.3 Å². The first-order valence-corrected chi connectivity index (χ1v) is 12.9. The number of carbonyl (C=O) groups is 3. The van der Waals surface area contributed by atoms with Crippen molar-refractivity contribution in [1.29, 1.82) is 0 Å². The highest BCUT2D eigenvalue weighted by Crippen LogP contribution is 2.45. The lowest BCUT2D eigenvalue weighted by Crippen LogP contribution is -2.29. The first-order valence-electron chi connectivity index (χ1n) is 12.0. The molecule has 1 saturated heterocycles. The highest BCUT2D eigenvalue weighted by atomic mass is 32.1. The Morgan fingerprint density at radius 2 is 1.85 bits per heavy atom. The van der Waals surface area contributed by atoms with Gasteiger partial charge in [0.25, 0.3) is 5.78 Å². The largest absolute Gasteiger partial charge is 0.507 e. The van der Waals surface area contributed by atoms with Crippen LogP contribution in [-0.2, 0) is 15.0 Å². The van der Waals surface area contributed by atoms with Gasteiger partial charge in [-0.1, -0.05) is 44.2 Å². The molecule has 198 valence electrons. The number of thiazole rings is 1. The van der Waals surface area contributed by atoms with Crippen LogP contribution in [-0.4, -0.2) is 45.0 Å². The van der Waals surface area contributed by atoms with Gasteiger partial charge in [0, 0.05) is 12.4 Å². The number of methoxy groups -OCH3 is 1. The van der Waals surface area contributed by atoms with Crippen LogP contribution in [0.25, 0.3) is 16.0 Å². The number of carbonyl (C=O) groups excluding carboxylic acids is 2. The van der Waals surface area contributed by atoms with Crippen LogP contribution in [0.1, 0.15) is 53.9 Å². The second-order valence-corrected chi connectivity index (χ2v) is 11.1. The molecule has 9 nitrogen and oxygen atoms in total. The Labute approximate surface area is 228 Å². The molecule has 2 aromatic carbocycles. The molecule has 0 aliphatic carbocycles. The molecule has 2 N–H and O–H groups in total. The fourth-order valence-corrected chi connectivity index (χ4v) is 5.57. The van der Waals surface area contributed by atoms with E-state index >= 15 is 0 Å². The molecule has 0 radical (unpaired) electrons. The van der Waals surface area contributed by atoms with E-state index in [1.54, 1.807) is 36.5 Å². The lowest BCUT2D eigenvalue weighted by molar-refractivity contribution is -0.132. The maximum absolute atomic E-state index is 13.6. The number of ether oxygens (including phenoxy) is 1. The van der Waals surface area contributed by atoms with Gasteiger partial charge in [-0.05, 0) is 52.9 Å². The van der Waals surface area contributed by atoms with Crippen LogP contribution in [0.4, 0.5) is 5.13 Å². The molecule has 4 aromatic rings. The van der Waals surface area contributed by atoms with E-state index in [2.05, 4.69) is 9.97 Å². The van der Waals surface area contributed by atoms with Crippen molar-refractivity contribution in [3.8, 4) is 5.75 Å². The molecule has 5 rings (SSSR count). The minimum atomic E-state index is -1.09. The summed E-state index contributed by atoms with van der Waals surface area (Å²) in [6.07, 6.45) is 3.09. The van der Waals surface area contributed by atoms with E-state index in [4.69, 9.17) is 4.74 Å². The number of aromatic nitrogens is 2. The summed E-state index contributed by atoms with van der Waals surface area (Å²) in [5.74, 6) is -2.86. The second-order valence-electron chi connectivity index (χ2n) is 10.1. The first kappa shape index (κ1) is 26.1. The summed E-state index contributed by atoms with van der Waals surface area (Å²) >= 11 is 1.08. The number of benzene rings is 2. The summed E-state index contributed by atoms with van der Waals surface area (Å²) in [6, 6.07) is 12.2. The zero-order valence-electron chi connectivity index (χ0n) is 21.6. The van der Waals surface area contributed by atoms with Crippen molar-refractivity contribution < 1.29 is 29.3 Å². The normalized spacial score (nSPS) is 17.1. The molecule has 0 spiro atoms. The molecule has 1 unspecified atom stereocenters. The molecule has 10 heteroatoms. The highest BCUT2D eigenvalue weighted by Gasteiger charge is 2.48. The zero-order valence-corrected chi connectivity index (χ0v) is 22.4. The van der Waals surface area contributed by atoms with Gasteiger partial charge in [-0.15, -0.1) is 0 Å². The Morgan fingerprint density at radius 3 is 2.49 bits per heavy atom. The highest BCUT2D eigenvalue weighted by molar-refractivity contribution is 7.22. The van der Waals surface area contributed by atoms with Crippen LogP contribution in [0.2, 0.25) is 0 Å². The van der Waals surface area contributed by atoms with E-state index < -0.39 is 23.7 Å². The van der Waals surface area contributed by atoms with Gasteiger partial charge < -0.3 is 14.9 Å². The maximum atomic E-state index is 13.6. The number of ketones is 1. The van der Waals surface area contributed by atoms with Crippen molar-refractivity contribution >= 4 is 50.1 Å². The predicted molar refractivity (Wildman–Crippen MR) is 147 cm³/mol. The molecule has 0 saturated carbocycles. The summed E-state index contributed by atoms with van der Waals surface area (Å²) in [5, 5.41) is 21.2. The number of anilines is 1. The lowest BCUT2D eigenvalue weighted by atomic mass is 9.85. The van der Waals surface area contributed by atoms with Crippen LogP contribution in [0, 0.1) is 0 Å². The third kappa shape index (κ3) is 4.52. The van der Waals surface area contributed by atoms with Crippen molar-refractivity contribution in [2.45, 2.75) is 32.2 Å². The van der Waals surface area contributed by atoms with E-state index in [9.17, 15) is 24.6 Å². The average molecular weight is 544 g/mol. The van der Waals surface area contributed by atoms with Crippen molar-refractivity contribution in [2.24, 2.45) is 0 Å². The topological polar surface area (TPSA) is 130 Å². The Bertz CT molecular complexity index is 1670. The quantitative estimate of drug-likeness (QED) is 0.196. The summed E-state index contributed by atoms with van der Waals surface area (Å²) < 4.78 is 6.04. The first-order chi connectivity index (χ1) is 18.5. The predicted octanol–water partition coefficient (Wildman–Crippen LogP) is 5.32. The fraction of sp³-hybridized carbons (Fsp3) is 0.207. The number of nitrogens with zero attached hydrogens (tertiary/aromatic N) is 3. The summed E-state index contributed by atoms with van der Waals surface area (Å²) in [6.45, 7) is 6.07. The number of aliphatic hydroxyl groups is 1. The van der Waals surface area contributed by atoms with E-state index in [0.717, 1.165) is 16.9 Å². The number of amides is 1. The number of aliphatic hydroxyl groups excluding tert-OH is 1. The van der Waals surface area contributed by atoms with E-state index in [0.29, 0.717) is 21.5 Å². The Hall–Kier alpha value is -4.57. The molecule has 1 amide bonds. The Kier molecular flexibility index (Phi) is 6.43. The van der Waals surface area contributed by atoms with Crippen molar-refractivity contribution in [3.05, 3.63) is 88.8 Å². The van der Waals surface area contributed by atoms with E-state index in [-0.39, 0.29) is 33.0 Å². The molecule has 1 aliphatic heterocycles. The fourth-order valence-electron chi connectivity index (χ4n) is 4.54. The zero-order chi connectivity index (χ0) is 28.1. The second kappa shape index (κ2) is 9.63. The SMILES string of the molecule is COc1ccc(C(C)(C)C)cc1/C(O)=C1\C(=O)C(=O)N(c2nc3ccc(C(=O)O)cc3s2)C1c1cccnc1. The lowest BCUT2D eigenvalue weighted by Gasteiger charge is -2.24. The average Bonchev–Trinajstić information content (AvgIpc) is 3.45. The van der Waals surface area contributed by atoms with Gasteiger partial charge in [-0.25, -0.2) is 9.78 Å². The number of hydrogen-bond acceptors (Lipinski definition) is 8. The van der Waals surface area contributed by atoms with Crippen molar-refractivity contribution in [1.82, 2.24) is 9.97 Å². The molecule has 1 fully saturated rings. The van der Waals surface area contributed by atoms with Crippen molar-refractivity contribution in [3.63, 3.8) is 0 Å². The number of hydrogen-bond donors (Lipinski definition) is 2. The van der Waals surface area contributed by atoms with Gasteiger partial charge in [0.1, 0.15) is 11.5 Å². The van der Waals surface area contributed by atoms with Crippen LogP contribution in [0.5, 0.6) is 5.75 Å². The van der Waals surface area contributed by atoms with E-state index in [1.165, 1.54) is 30.3 Å². The number of rotatable bonds is 5. The molecular weight excluding hydrogens is 518 g/mol. The van der Waals surface area contributed by atoms with Gasteiger partial charge in [0.2, 0.25) is 0 Å². The maximum Gasteiger partial charge on any atom is 0.335 e. The van der Waals surface area contributed by atoms with Gasteiger partial charge in [-0.3, -0.25) is 19.5 Å². The molecule has 0 bridgehead atoms. The molecule has 2 aromatic heterocycles. The standard InChI is InChI=1S/C29H25N3O6S/c1-29(2,3)17-8-10-20(38-4)18(13-17)24(33)22-23(16-6-5-11-30-14-16)32(26(35)25(22)34)28-31-19-9-7-15(27(36)37)12-21(19)39-28/h5-14,23,33H,1-4H3,(H,36,37)/b24-22+. The summed E-state index contributed by atoms with van der Waals surface area (Å²) in [7, 11) is 1.46. The number of carboxylic acid groups (broad SMARTS) is 1. The molecule has 39 heavy (non-hydrogen) atoms. The molecule has 1 aliphatic rings. The molecule has 1 atom stereocenters. The van der Waals surface area contributed by atoms with Gasteiger partial charge in [-0.2, -0.15) is 0 Å². The van der Waals surface area contributed by atoms with E-state index in [1.807, 2.05) is 26.8 Å². The third-order valence-electron chi connectivity index (χ3n) is 6.60. The van der Waals surface area contributed by atoms with Gasteiger partial charge in [0.15, 0.2) is 5.13 Å². The van der Waals surface area contributed by atoms with Crippen LogP contribution in [0.15, 0.2) is 66.5 Å². The monoisotopic (exact) mass is 543 g/mol. The number of fused-ring (bicyclic) bond motifs is 1. The Balaban J connectivity index is 1.74. The third-order valence-corrected chi connectivity index (χ3v) is 7.61. The molecule has 3 heterocycles. The van der Waals surface area contributed by atoms with Gasteiger partial charge >= 0.3 is 11.9 Å². The summed E-state index contributed by atoms with van der Waals surface area (Å²) in [4.78, 5) is 48.5. The Morgan fingerprint density at radius 1 is 1.08 bits per heavy atom. The van der Waals surface area contributed by atoms with Crippen molar-refractivity contribution in [2.75, 3.05) is 12.0 Å². The van der Waals surface area contributed by atoms with Gasteiger partial charge in [0.05, 0.1) is 40.1 Å². The number of pyridine rings is 1. The molecular formula is C29H25N3O6S. The minimum Gasteiger partial charge on any atom is -0.507 e. The van der Waals surface area contributed by atoms with Crippen LogP contribution in [0.3, 0.4) is 0 Å². The number of carboxylic acids is 1. The summed E-state index contributed by atoms with van der Waals surface area (Å²) in [5.41, 5.74) is 1.86. The minimum absolute atomic E-state index is 0.0781.